The number of anilines is 1. The molecule has 0 saturated carbocycles. The van der Waals surface area contributed by atoms with Crippen molar-refractivity contribution >= 4 is 21.7 Å². The summed E-state index contributed by atoms with van der Waals surface area (Å²) < 4.78 is 27.7. The van der Waals surface area contributed by atoms with Crippen molar-refractivity contribution in [2.24, 2.45) is 0 Å². The van der Waals surface area contributed by atoms with Gasteiger partial charge in [-0.3, -0.25) is 4.79 Å². The van der Waals surface area contributed by atoms with Crippen LogP contribution >= 0.6 is 0 Å². The minimum Gasteiger partial charge on any atom is -0.356 e. The Morgan fingerprint density at radius 3 is 2.28 bits per heavy atom. The fraction of sp³-hybridized carbons (Fsp3) is 0.500. The van der Waals surface area contributed by atoms with Crippen molar-refractivity contribution in [3.63, 3.8) is 0 Å². The summed E-state index contributed by atoms with van der Waals surface area (Å²) in [6.07, 6.45) is 4.96. The van der Waals surface area contributed by atoms with Crippen LogP contribution < -0.4 is 4.90 Å². The Labute approximate surface area is 191 Å². The summed E-state index contributed by atoms with van der Waals surface area (Å²) in [5, 5.41) is 0. The molecule has 2 saturated heterocycles. The molecule has 1 atom stereocenters. The summed E-state index contributed by atoms with van der Waals surface area (Å²) in [5.74, 6) is 1.07. The zero-order valence-electron chi connectivity index (χ0n) is 18.9. The summed E-state index contributed by atoms with van der Waals surface area (Å²) in [5.41, 5.74) is 1.75. The standard InChI is InChI=1S/C24H32N4O3S/c1-3-19(2)20-8-10-21(11-9-20)32(30,31)28-17-15-27(16-18-28)24(29)22-7-6-12-25-23(22)26-13-4-5-14-26/h6-12,19H,3-5,13-18H2,1-2H3. The molecule has 2 aliphatic heterocycles. The molecule has 1 aromatic carbocycles. The Morgan fingerprint density at radius 1 is 1.00 bits per heavy atom. The average molecular weight is 457 g/mol. The van der Waals surface area contributed by atoms with Crippen LogP contribution in [0.15, 0.2) is 47.5 Å². The van der Waals surface area contributed by atoms with Gasteiger partial charge in [-0.1, -0.05) is 26.0 Å². The predicted octanol–water partition coefficient (Wildman–Crippen LogP) is 3.34. The predicted molar refractivity (Wildman–Crippen MR) is 125 cm³/mol. The molecular weight excluding hydrogens is 424 g/mol. The third kappa shape index (κ3) is 4.52. The second-order valence-corrected chi connectivity index (χ2v) is 10.6. The molecule has 8 heteroatoms. The van der Waals surface area contributed by atoms with E-state index >= 15 is 0 Å². The molecule has 7 nitrogen and oxygen atoms in total. The summed E-state index contributed by atoms with van der Waals surface area (Å²) in [6.45, 7) is 7.42. The third-order valence-electron chi connectivity index (χ3n) is 6.65. The zero-order valence-corrected chi connectivity index (χ0v) is 19.7. The number of carbonyl (C=O) groups excluding carboxylic acids is 1. The van der Waals surface area contributed by atoms with E-state index in [1.165, 1.54) is 4.31 Å². The van der Waals surface area contributed by atoms with Crippen molar-refractivity contribution in [3.05, 3.63) is 53.7 Å². The summed E-state index contributed by atoms with van der Waals surface area (Å²) in [4.78, 5) is 21.9. The van der Waals surface area contributed by atoms with Gasteiger partial charge in [0.05, 0.1) is 10.5 Å². The first-order valence-corrected chi connectivity index (χ1v) is 12.9. The first kappa shape index (κ1) is 22.7. The molecule has 4 rings (SSSR count). The number of piperazine rings is 1. The Kier molecular flexibility index (Phi) is 6.81. The van der Waals surface area contributed by atoms with Crippen LogP contribution in [0.4, 0.5) is 5.82 Å². The number of hydrogen-bond donors (Lipinski definition) is 0. The molecule has 0 bridgehead atoms. The molecule has 3 heterocycles. The van der Waals surface area contributed by atoms with Gasteiger partial charge in [-0.05, 0) is 55.0 Å². The normalized spacial score (nSPS) is 18.7. The topological polar surface area (TPSA) is 73.8 Å². The van der Waals surface area contributed by atoms with E-state index in [4.69, 9.17) is 0 Å². The van der Waals surface area contributed by atoms with Crippen molar-refractivity contribution < 1.29 is 13.2 Å². The average Bonchev–Trinajstić information content (AvgIpc) is 3.38. The van der Waals surface area contributed by atoms with Gasteiger partial charge in [0.2, 0.25) is 10.0 Å². The highest BCUT2D eigenvalue weighted by molar-refractivity contribution is 7.89. The molecule has 0 spiro atoms. The van der Waals surface area contributed by atoms with Crippen LogP contribution in [0.2, 0.25) is 0 Å². The molecule has 32 heavy (non-hydrogen) atoms. The maximum atomic E-state index is 13.2. The van der Waals surface area contributed by atoms with Gasteiger partial charge in [0.25, 0.3) is 5.91 Å². The smallest absolute Gasteiger partial charge is 0.257 e. The molecule has 0 N–H and O–H groups in total. The number of pyridine rings is 1. The second kappa shape index (κ2) is 9.58. The van der Waals surface area contributed by atoms with E-state index in [1.54, 1.807) is 29.3 Å². The largest absolute Gasteiger partial charge is 0.356 e. The van der Waals surface area contributed by atoms with E-state index in [0.29, 0.717) is 42.6 Å². The van der Waals surface area contributed by atoms with E-state index in [-0.39, 0.29) is 5.91 Å². The number of hydrogen-bond acceptors (Lipinski definition) is 5. The fourth-order valence-electron chi connectivity index (χ4n) is 4.40. The highest BCUT2D eigenvalue weighted by atomic mass is 32.2. The van der Waals surface area contributed by atoms with Crippen LogP contribution in [0.3, 0.4) is 0 Å². The molecule has 1 unspecified atom stereocenters. The number of nitrogens with zero attached hydrogens (tertiary/aromatic N) is 4. The maximum Gasteiger partial charge on any atom is 0.257 e. The van der Waals surface area contributed by atoms with Gasteiger partial charge < -0.3 is 9.80 Å². The SMILES string of the molecule is CCC(C)c1ccc(S(=O)(=O)N2CCN(C(=O)c3cccnc3N3CCCC3)CC2)cc1. The van der Waals surface area contributed by atoms with E-state index in [1.807, 2.05) is 18.2 Å². The van der Waals surface area contributed by atoms with E-state index in [2.05, 4.69) is 23.7 Å². The van der Waals surface area contributed by atoms with Crippen molar-refractivity contribution in [1.82, 2.24) is 14.2 Å². The van der Waals surface area contributed by atoms with Crippen molar-refractivity contribution in [3.8, 4) is 0 Å². The molecule has 1 aromatic heterocycles. The lowest BCUT2D eigenvalue weighted by atomic mass is 9.99. The van der Waals surface area contributed by atoms with Gasteiger partial charge in [-0.2, -0.15) is 4.31 Å². The number of rotatable bonds is 6. The van der Waals surface area contributed by atoms with Crippen LogP contribution in [-0.2, 0) is 10.0 Å². The zero-order chi connectivity index (χ0) is 22.7. The van der Waals surface area contributed by atoms with Crippen LogP contribution in [-0.4, -0.2) is 67.8 Å². The molecule has 2 fully saturated rings. The van der Waals surface area contributed by atoms with Crippen LogP contribution in [0.1, 0.15) is 54.9 Å². The molecule has 0 radical (unpaired) electrons. The molecule has 0 aliphatic carbocycles. The molecule has 2 aromatic rings. The monoisotopic (exact) mass is 456 g/mol. The van der Waals surface area contributed by atoms with Crippen LogP contribution in [0.5, 0.6) is 0 Å². The number of benzene rings is 1. The highest BCUT2D eigenvalue weighted by Crippen LogP contribution is 2.25. The summed E-state index contributed by atoms with van der Waals surface area (Å²) >= 11 is 0. The molecular formula is C24H32N4O3S. The van der Waals surface area contributed by atoms with Crippen molar-refractivity contribution in [2.45, 2.75) is 43.9 Å². The van der Waals surface area contributed by atoms with E-state index < -0.39 is 10.0 Å². The minimum atomic E-state index is -3.57. The minimum absolute atomic E-state index is 0.0741. The summed E-state index contributed by atoms with van der Waals surface area (Å²) in [7, 11) is -3.57. The van der Waals surface area contributed by atoms with Crippen LogP contribution in [0.25, 0.3) is 0 Å². The lowest BCUT2D eigenvalue weighted by Gasteiger charge is -2.34. The van der Waals surface area contributed by atoms with Crippen molar-refractivity contribution in [2.75, 3.05) is 44.2 Å². The lowest BCUT2D eigenvalue weighted by molar-refractivity contribution is 0.0698. The van der Waals surface area contributed by atoms with Gasteiger partial charge in [0, 0.05) is 45.5 Å². The summed E-state index contributed by atoms with van der Waals surface area (Å²) in [6, 6.07) is 10.8. The number of amides is 1. The highest BCUT2D eigenvalue weighted by Gasteiger charge is 2.32. The molecule has 1 amide bonds. The second-order valence-electron chi connectivity index (χ2n) is 8.64. The Morgan fingerprint density at radius 2 is 1.66 bits per heavy atom. The number of carbonyl (C=O) groups is 1. The van der Waals surface area contributed by atoms with E-state index in [9.17, 15) is 13.2 Å². The lowest BCUT2D eigenvalue weighted by Crippen LogP contribution is -2.50. The van der Waals surface area contributed by atoms with Gasteiger partial charge in [0.1, 0.15) is 5.82 Å². The van der Waals surface area contributed by atoms with Gasteiger partial charge in [-0.25, -0.2) is 13.4 Å². The molecule has 172 valence electrons. The Hall–Kier alpha value is -2.45. The first-order chi connectivity index (χ1) is 15.4. The Bertz CT molecular complexity index is 1040. The fourth-order valence-corrected chi connectivity index (χ4v) is 5.82. The van der Waals surface area contributed by atoms with E-state index in [0.717, 1.165) is 43.7 Å². The first-order valence-electron chi connectivity index (χ1n) is 11.5. The van der Waals surface area contributed by atoms with Gasteiger partial charge >= 0.3 is 0 Å². The quantitative estimate of drug-likeness (QED) is 0.667. The Balaban J connectivity index is 1.43. The number of sulfonamides is 1. The third-order valence-corrected chi connectivity index (χ3v) is 8.56. The van der Waals surface area contributed by atoms with Crippen LogP contribution in [0, 0.1) is 0 Å². The number of aromatic nitrogens is 1. The van der Waals surface area contributed by atoms with Gasteiger partial charge in [-0.15, -0.1) is 0 Å². The molecule has 2 aliphatic rings. The van der Waals surface area contributed by atoms with Gasteiger partial charge in [0.15, 0.2) is 0 Å². The maximum absolute atomic E-state index is 13.2. The van der Waals surface area contributed by atoms with Crippen molar-refractivity contribution in [1.29, 1.82) is 0 Å².